The van der Waals surface area contributed by atoms with Crippen molar-refractivity contribution >= 4 is 41.9 Å². The Hall–Kier alpha value is -4.65. The Morgan fingerprint density at radius 2 is 1.61 bits per heavy atom. The number of nitrogens with zero attached hydrogens (tertiary/aromatic N) is 7. The monoisotopic (exact) mass is 897 g/mol. The summed E-state index contributed by atoms with van der Waals surface area (Å²) in [5, 5.41) is 1.27. The van der Waals surface area contributed by atoms with Gasteiger partial charge in [-0.15, -0.1) is 5.54 Å². The molecule has 3 atom stereocenters. The fourth-order valence-electron chi connectivity index (χ4n) is 10.8. The summed E-state index contributed by atoms with van der Waals surface area (Å²) in [5.74, 6) is 4.59. The van der Waals surface area contributed by atoms with Crippen molar-refractivity contribution in [2.45, 2.75) is 154 Å². The molecule has 4 aliphatic rings. The first-order valence-electron chi connectivity index (χ1n) is 23.5. The van der Waals surface area contributed by atoms with E-state index < -0.39 is 19.5 Å². The lowest BCUT2D eigenvalue weighted by Gasteiger charge is -2.42. The van der Waals surface area contributed by atoms with Gasteiger partial charge in [-0.3, -0.25) is 9.47 Å². The number of rotatable bonds is 13. The van der Waals surface area contributed by atoms with Gasteiger partial charge in [-0.05, 0) is 113 Å². The lowest BCUT2D eigenvalue weighted by molar-refractivity contribution is 0.0122. The summed E-state index contributed by atoms with van der Waals surface area (Å²) in [6.45, 7) is 21.9. The average molecular weight is 898 g/mol. The number of carbonyl (C=O) groups excluding carboxylic acids is 1. The van der Waals surface area contributed by atoms with Gasteiger partial charge < -0.3 is 33.5 Å². The molecule has 1 saturated carbocycles. The maximum atomic E-state index is 16.4. The number of piperazine rings is 1. The third-order valence-corrected chi connectivity index (χ3v) is 20.5. The highest BCUT2D eigenvalue weighted by atomic mass is 28.3. The van der Waals surface area contributed by atoms with E-state index in [0.29, 0.717) is 76.2 Å². The largest absolute Gasteiger partial charge is 0.467 e. The minimum absolute atomic E-state index is 0.0201. The van der Waals surface area contributed by atoms with E-state index in [2.05, 4.69) is 74.4 Å². The summed E-state index contributed by atoms with van der Waals surface area (Å²) >= 11 is 0. The maximum absolute atomic E-state index is 16.4. The Morgan fingerprint density at radius 3 is 2.20 bits per heavy atom. The molecule has 4 aromatic rings. The van der Waals surface area contributed by atoms with Crippen molar-refractivity contribution in [2.75, 3.05) is 52.1 Å². The van der Waals surface area contributed by atoms with Gasteiger partial charge >= 0.3 is 18.1 Å². The molecule has 0 spiro atoms. The van der Waals surface area contributed by atoms with Crippen molar-refractivity contribution in [3.63, 3.8) is 0 Å². The van der Waals surface area contributed by atoms with Crippen LogP contribution in [0.2, 0.25) is 16.6 Å². The van der Waals surface area contributed by atoms with Gasteiger partial charge in [-0.25, -0.2) is 9.18 Å². The van der Waals surface area contributed by atoms with Crippen molar-refractivity contribution in [1.82, 2.24) is 29.3 Å². The molecule has 346 valence electrons. The summed E-state index contributed by atoms with van der Waals surface area (Å²) in [6.07, 6.45) is 6.51. The molecule has 2 aromatic carbocycles. The van der Waals surface area contributed by atoms with Crippen LogP contribution in [0, 0.1) is 17.3 Å². The van der Waals surface area contributed by atoms with Crippen LogP contribution < -0.4 is 19.1 Å². The molecule has 0 radical (unpaired) electrons. The third-order valence-electron chi connectivity index (χ3n) is 14.2. The first-order chi connectivity index (χ1) is 30.5. The average Bonchev–Trinajstić information content (AvgIpc) is 3.86. The van der Waals surface area contributed by atoms with Crippen LogP contribution in [0.15, 0.2) is 24.3 Å². The Balaban J connectivity index is 1.27. The number of anilines is 1. The van der Waals surface area contributed by atoms with Crippen molar-refractivity contribution in [1.29, 1.82) is 0 Å². The van der Waals surface area contributed by atoms with Gasteiger partial charge in [0, 0.05) is 43.7 Å². The standard InChI is InChI=1S/C49H68FN7O6Si/c1-30(2)64(31(3)4,32(5)6)23-21-39-40(50)20-17-33-24-38(61-29-59-11)25-41(42(33)39)62-47-52-44-43(57(47)34-14-12-15-34)45(53-46(51-44)60-28-37-16-13-22-54(37)10)55-26-35-18-19-36(27-55)56(35)48(58)63-49(7,8)9/h17,20,24-25,30-32,34-37H,12-16,18-19,22,26-29H2,1-11H3/t35?,36?,37-/m0/s1. The zero-order chi connectivity index (χ0) is 45.7. The zero-order valence-electron chi connectivity index (χ0n) is 39.8. The van der Waals surface area contributed by atoms with Gasteiger partial charge in [-0.2, -0.15) is 15.0 Å². The van der Waals surface area contributed by atoms with Crippen LogP contribution in [-0.4, -0.2) is 114 Å². The molecule has 4 fully saturated rings. The van der Waals surface area contributed by atoms with Crippen LogP contribution in [-0.2, 0) is 9.47 Å². The third kappa shape index (κ3) is 8.86. The van der Waals surface area contributed by atoms with Crippen LogP contribution >= 0.6 is 0 Å². The van der Waals surface area contributed by atoms with Gasteiger partial charge in [-0.1, -0.05) is 53.5 Å². The highest BCUT2D eigenvalue weighted by Crippen LogP contribution is 2.46. The first-order valence-corrected chi connectivity index (χ1v) is 25.7. The minimum atomic E-state index is -2.25. The summed E-state index contributed by atoms with van der Waals surface area (Å²) in [6, 6.07) is 7.67. The molecule has 3 saturated heterocycles. The van der Waals surface area contributed by atoms with Gasteiger partial charge in [0.2, 0.25) is 0 Å². The number of amides is 1. The van der Waals surface area contributed by atoms with Crippen molar-refractivity contribution in [3.8, 4) is 35.0 Å². The quantitative estimate of drug-likeness (QED) is 0.0725. The summed E-state index contributed by atoms with van der Waals surface area (Å²) in [7, 11) is 1.45. The number of methoxy groups -OCH3 is 1. The molecule has 1 amide bonds. The predicted molar refractivity (Wildman–Crippen MR) is 251 cm³/mol. The van der Waals surface area contributed by atoms with E-state index in [9.17, 15) is 4.79 Å². The second-order valence-electron chi connectivity index (χ2n) is 20.4. The molecule has 15 heteroatoms. The Bertz CT molecular complexity index is 2380. The number of ether oxygens (including phenoxy) is 5. The molecule has 5 heterocycles. The molecule has 8 rings (SSSR count). The fraction of sp³-hybridized carbons (Fsp3) is 0.633. The number of carbonyl (C=O) groups is 1. The molecule has 0 N–H and O–H groups in total. The number of hydrogen-bond donors (Lipinski definition) is 0. The van der Waals surface area contributed by atoms with Crippen molar-refractivity contribution in [3.05, 3.63) is 35.6 Å². The van der Waals surface area contributed by atoms with Crippen molar-refractivity contribution < 1.29 is 32.9 Å². The van der Waals surface area contributed by atoms with Gasteiger partial charge in [0.15, 0.2) is 18.3 Å². The van der Waals surface area contributed by atoms with E-state index in [1.807, 2.05) is 31.7 Å². The number of aromatic nitrogens is 4. The number of imidazole rings is 1. The normalized spacial score (nSPS) is 20.7. The molecule has 64 heavy (non-hydrogen) atoms. The van der Waals surface area contributed by atoms with E-state index in [1.165, 1.54) is 6.07 Å². The van der Waals surface area contributed by atoms with Crippen LogP contribution in [0.3, 0.4) is 0 Å². The molecular formula is C49H68FN7O6Si. The topological polar surface area (TPSA) is 117 Å². The highest BCUT2D eigenvalue weighted by Gasteiger charge is 2.46. The molecule has 2 aromatic heterocycles. The van der Waals surface area contributed by atoms with E-state index in [0.717, 1.165) is 62.4 Å². The minimum Gasteiger partial charge on any atom is -0.467 e. The summed E-state index contributed by atoms with van der Waals surface area (Å²) in [4.78, 5) is 35.4. The van der Waals surface area contributed by atoms with Crippen LogP contribution in [0.1, 0.15) is 119 Å². The van der Waals surface area contributed by atoms with Crippen LogP contribution in [0.25, 0.3) is 21.9 Å². The summed E-state index contributed by atoms with van der Waals surface area (Å²) < 4.78 is 49.2. The number of benzene rings is 2. The molecular weight excluding hydrogens is 830 g/mol. The number of likely N-dealkylation sites (N-methyl/N-ethyl adjacent to an activating group) is 1. The van der Waals surface area contributed by atoms with Crippen molar-refractivity contribution in [2.24, 2.45) is 0 Å². The molecule has 3 aliphatic heterocycles. The van der Waals surface area contributed by atoms with Crippen LogP contribution in [0.4, 0.5) is 15.0 Å². The first kappa shape index (κ1) is 45.9. The number of fused-ring (bicyclic) bond motifs is 4. The molecule has 2 bridgehead atoms. The van der Waals surface area contributed by atoms with Gasteiger partial charge in [0.25, 0.3) is 0 Å². The SMILES string of the molecule is COCOc1cc(Oc2nc3nc(OC[C@@H]4CCCN4C)nc(N4CC5CCC(C4)N5C(=O)OC(C)(C)C)c3n2C2CCC2)c2c(C#C[Si](C(C)C)(C(C)C)C(C)C)c(F)ccc2c1. The number of hydrogen-bond acceptors (Lipinski definition) is 11. The molecule has 2 unspecified atom stereocenters. The highest BCUT2D eigenvalue weighted by molar-refractivity contribution is 6.90. The zero-order valence-corrected chi connectivity index (χ0v) is 40.8. The maximum Gasteiger partial charge on any atom is 0.410 e. The Kier molecular flexibility index (Phi) is 13.1. The number of halogens is 1. The lowest BCUT2D eigenvalue weighted by Crippen LogP contribution is -2.57. The fourth-order valence-corrected chi connectivity index (χ4v) is 16.0. The lowest BCUT2D eigenvalue weighted by atomic mass is 9.93. The molecule has 13 nitrogen and oxygen atoms in total. The van der Waals surface area contributed by atoms with E-state index in [4.69, 9.17) is 38.6 Å². The second-order valence-corrected chi connectivity index (χ2v) is 25.9. The van der Waals surface area contributed by atoms with E-state index in [-0.39, 0.29) is 43.1 Å². The predicted octanol–water partition coefficient (Wildman–Crippen LogP) is 10.2. The van der Waals surface area contributed by atoms with E-state index >= 15 is 4.39 Å². The Labute approximate surface area is 379 Å². The second kappa shape index (κ2) is 18.3. The summed E-state index contributed by atoms with van der Waals surface area (Å²) in [5.41, 5.74) is 5.75. The molecule has 1 aliphatic carbocycles. The smallest absolute Gasteiger partial charge is 0.410 e. The number of likely N-dealkylation sites (tertiary alicyclic amines) is 1. The van der Waals surface area contributed by atoms with Crippen LogP contribution in [0.5, 0.6) is 23.5 Å². The van der Waals surface area contributed by atoms with E-state index in [1.54, 1.807) is 19.2 Å². The van der Waals surface area contributed by atoms with Gasteiger partial charge in [0.05, 0.1) is 17.6 Å². The van der Waals surface area contributed by atoms with Gasteiger partial charge in [0.1, 0.15) is 43.1 Å². The Morgan fingerprint density at radius 1 is 0.906 bits per heavy atom.